The van der Waals surface area contributed by atoms with E-state index in [4.69, 9.17) is 14.2 Å². The fraction of sp³-hybridized carbons (Fsp3) is 0.278. The van der Waals surface area contributed by atoms with Crippen LogP contribution in [-0.4, -0.2) is 26.2 Å². The minimum atomic E-state index is -0.1000. The summed E-state index contributed by atoms with van der Waals surface area (Å²) in [5, 5.41) is 2.93. The number of rotatable bonds is 2. The zero-order valence-electron chi connectivity index (χ0n) is 13.1. The molecule has 0 aromatic heterocycles. The molecule has 0 saturated carbocycles. The molecule has 1 N–H and O–H groups in total. The topological polar surface area (TPSA) is 56.8 Å². The summed E-state index contributed by atoms with van der Waals surface area (Å²) in [7, 11) is 1.64. The average Bonchev–Trinajstić information content (AvgIpc) is 2.59. The van der Waals surface area contributed by atoms with Gasteiger partial charge in [-0.3, -0.25) is 4.79 Å². The van der Waals surface area contributed by atoms with Crippen LogP contribution in [0, 0.1) is 0 Å². The van der Waals surface area contributed by atoms with Crippen LogP contribution in [-0.2, 0) is 4.79 Å². The maximum atomic E-state index is 12.2. The van der Waals surface area contributed by atoms with E-state index in [1.807, 2.05) is 30.3 Å². The molecule has 2 aliphatic rings. The Kier molecular flexibility index (Phi) is 3.84. The van der Waals surface area contributed by atoms with Gasteiger partial charge < -0.3 is 19.5 Å². The molecular weight excluding hydrogens is 374 g/mol. The van der Waals surface area contributed by atoms with Gasteiger partial charge >= 0.3 is 0 Å². The predicted octanol–water partition coefficient (Wildman–Crippen LogP) is 3.70. The van der Waals surface area contributed by atoms with Gasteiger partial charge in [-0.25, -0.2) is 0 Å². The van der Waals surface area contributed by atoms with Gasteiger partial charge in [-0.05, 0) is 29.8 Å². The molecule has 4 rings (SSSR count). The van der Waals surface area contributed by atoms with E-state index in [1.54, 1.807) is 7.11 Å². The van der Waals surface area contributed by atoms with Crippen molar-refractivity contribution in [2.24, 2.45) is 0 Å². The number of carbonyl (C=O) groups excluding carboxylic acids is 1. The lowest BCUT2D eigenvalue weighted by molar-refractivity contribution is -0.116. The second-order valence-corrected chi connectivity index (χ2v) is 6.69. The van der Waals surface area contributed by atoms with E-state index in [0.717, 1.165) is 32.8 Å². The lowest BCUT2D eigenvalue weighted by Crippen LogP contribution is -2.25. The minimum absolute atomic E-state index is 0.0220. The number of hydrogen-bond acceptors (Lipinski definition) is 4. The molecule has 0 fully saturated rings. The first-order chi connectivity index (χ1) is 11.7. The number of fused-ring (bicyclic) bond motifs is 2. The standard InChI is InChI=1S/C18H16BrNO4/c1-22-15-3-2-10(19)6-13(15)11-8-18(21)20-14-9-17-16(7-12(11)14)23-4-5-24-17/h2-3,6-7,9,11H,4-5,8H2,1H3,(H,20,21). The van der Waals surface area contributed by atoms with Crippen molar-refractivity contribution < 1.29 is 19.0 Å². The van der Waals surface area contributed by atoms with Crippen LogP contribution in [0.15, 0.2) is 34.8 Å². The Morgan fingerprint density at radius 3 is 2.62 bits per heavy atom. The Bertz CT molecular complexity index is 821. The quantitative estimate of drug-likeness (QED) is 0.850. The van der Waals surface area contributed by atoms with Gasteiger partial charge in [-0.2, -0.15) is 0 Å². The monoisotopic (exact) mass is 389 g/mol. The number of methoxy groups -OCH3 is 1. The molecule has 2 heterocycles. The van der Waals surface area contributed by atoms with Crippen LogP contribution in [0.5, 0.6) is 17.2 Å². The number of halogens is 1. The molecule has 2 aromatic carbocycles. The summed E-state index contributed by atoms with van der Waals surface area (Å²) in [5.74, 6) is 2.03. The van der Waals surface area contributed by atoms with E-state index < -0.39 is 0 Å². The van der Waals surface area contributed by atoms with Gasteiger partial charge in [0.1, 0.15) is 19.0 Å². The van der Waals surface area contributed by atoms with Gasteiger partial charge in [0.25, 0.3) is 0 Å². The first-order valence-corrected chi connectivity index (χ1v) is 8.52. The van der Waals surface area contributed by atoms with Crippen LogP contribution in [0.1, 0.15) is 23.5 Å². The van der Waals surface area contributed by atoms with Crippen molar-refractivity contribution in [1.29, 1.82) is 0 Å². The molecule has 0 spiro atoms. The van der Waals surface area contributed by atoms with Gasteiger partial charge in [0, 0.05) is 34.1 Å². The fourth-order valence-electron chi connectivity index (χ4n) is 3.25. The zero-order chi connectivity index (χ0) is 16.7. The van der Waals surface area contributed by atoms with Crippen molar-refractivity contribution in [1.82, 2.24) is 0 Å². The van der Waals surface area contributed by atoms with Crippen LogP contribution in [0.25, 0.3) is 0 Å². The van der Waals surface area contributed by atoms with Crippen LogP contribution in [0.4, 0.5) is 5.69 Å². The third-order valence-corrected chi connectivity index (χ3v) is 4.81. The van der Waals surface area contributed by atoms with E-state index >= 15 is 0 Å². The summed E-state index contributed by atoms with van der Waals surface area (Å²) in [6, 6.07) is 9.65. The number of benzene rings is 2. The van der Waals surface area contributed by atoms with Crippen LogP contribution in [0.3, 0.4) is 0 Å². The molecule has 5 nitrogen and oxygen atoms in total. The highest BCUT2D eigenvalue weighted by Crippen LogP contribution is 2.46. The molecule has 24 heavy (non-hydrogen) atoms. The maximum Gasteiger partial charge on any atom is 0.225 e. The van der Waals surface area contributed by atoms with Gasteiger partial charge in [-0.15, -0.1) is 0 Å². The van der Waals surface area contributed by atoms with Crippen molar-refractivity contribution in [3.63, 3.8) is 0 Å². The number of anilines is 1. The molecule has 124 valence electrons. The second-order valence-electron chi connectivity index (χ2n) is 5.77. The Labute approximate surface area is 148 Å². The van der Waals surface area contributed by atoms with E-state index in [-0.39, 0.29) is 11.8 Å². The van der Waals surface area contributed by atoms with Crippen molar-refractivity contribution in [3.8, 4) is 17.2 Å². The number of nitrogens with one attached hydrogen (secondary N) is 1. The van der Waals surface area contributed by atoms with Crippen molar-refractivity contribution in [3.05, 3.63) is 45.9 Å². The van der Waals surface area contributed by atoms with Gasteiger partial charge in [0.15, 0.2) is 11.5 Å². The summed E-state index contributed by atoms with van der Waals surface area (Å²) in [6.07, 6.45) is 0.361. The molecule has 6 heteroatoms. The van der Waals surface area contributed by atoms with Crippen molar-refractivity contribution in [2.75, 3.05) is 25.6 Å². The lowest BCUT2D eigenvalue weighted by Gasteiger charge is -2.29. The Hall–Kier alpha value is -2.21. The summed E-state index contributed by atoms with van der Waals surface area (Å²) >= 11 is 3.51. The van der Waals surface area contributed by atoms with Crippen LogP contribution >= 0.6 is 15.9 Å². The predicted molar refractivity (Wildman–Crippen MR) is 93.2 cm³/mol. The third-order valence-electron chi connectivity index (χ3n) is 4.32. The summed E-state index contributed by atoms with van der Waals surface area (Å²) in [5.41, 5.74) is 2.75. The average molecular weight is 390 g/mol. The number of amides is 1. The molecule has 0 saturated heterocycles. The van der Waals surface area contributed by atoms with E-state index in [0.29, 0.717) is 25.4 Å². The molecule has 0 aliphatic carbocycles. The minimum Gasteiger partial charge on any atom is -0.496 e. The molecule has 0 radical (unpaired) electrons. The first kappa shape index (κ1) is 15.3. The lowest BCUT2D eigenvalue weighted by atomic mass is 9.84. The van der Waals surface area contributed by atoms with Crippen LogP contribution < -0.4 is 19.5 Å². The van der Waals surface area contributed by atoms with Crippen molar-refractivity contribution >= 4 is 27.5 Å². The highest BCUT2D eigenvalue weighted by Gasteiger charge is 2.31. The van der Waals surface area contributed by atoms with Gasteiger partial charge in [-0.1, -0.05) is 15.9 Å². The summed E-state index contributed by atoms with van der Waals surface area (Å²) < 4.78 is 17.8. The summed E-state index contributed by atoms with van der Waals surface area (Å²) in [4.78, 5) is 12.2. The van der Waals surface area contributed by atoms with E-state index in [2.05, 4.69) is 21.2 Å². The maximum absolute atomic E-state index is 12.2. The normalized spacial score (nSPS) is 18.6. The molecule has 2 aromatic rings. The van der Waals surface area contributed by atoms with E-state index in [9.17, 15) is 4.79 Å². The third kappa shape index (κ3) is 2.60. The molecule has 1 amide bonds. The summed E-state index contributed by atoms with van der Waals surface area (Å²) in [6.45, 7) is 1.05. The SMILES string of the molecule is COc1ccc(Br)cc1C1CC(=O)Nc2cc3c(cc21)OCCO3. The fourth-order valence-corrected chi connectivity index (χ4v) is 3.63. The second kappa shape index (κ2) is 6.02. The number of carbonyl (C=O) groups is 1. The molecule has 1 atom stereocenters. The first-order valence-electron chi connectivity index (χ1n) is 7.72. The molecule has 1 unspecified atom stereocenters. The Morgan fingerprint density at radius 2 is 1.88 bits per heavy atom. The molecule has 2 aliphatic heterocycles. The highest BCUT2D eigenvalue weighted by atomic mass is 79.9. The van der Waals surface area contributed by atoms with Crippen molar-refractivity contribution in [2.45, 2.75) is 12.3 Å². The number of hydrogen-bond donors (Lipinski definition) is 1. The van der Waals surface area contributed by atoms with Crippen LogP contribution in [0.2, 0.25) is 0 Å². The Morgan fingerprint density at radius 1 is 1.12 bits per heavy atom. The van der Waals surface area contributed by atoms with Gasteiger partial charge in [0.2, 0.25) is 5.91 Å². The molecule has 0 bridgehead atoms. The largest absolute Gasteiger partial charge is 0.496 e. The zero-order valence-corrected chi connectivity index (χ0v) is 14.7. The Balaban J connectivity index is 1.87. The molecular formula is C18H16BrNO4. The van der Waals surface area contributed by atoms with Gasteiger partial charge in [0.05, 0.1) is 7.11 Å². The highest BCUT2D eigenvalue weighted by molar-refractivity contribution is 9.10. The number of ether oxygens (including phenoxy) is 3. The smallest absolute Gasteiger partial charge is 0.225 e. The van der Waals surface area contributed by atoms with E-state index in [1.165, 1.54) is 0 Å².